The fourth-order valence-electron chi connectivity index (χ4n) is 7.81. The molecule has 4 aliphatic rings. The van der Waals surface area contributed by atoms with Crippen LogP contribution in [0.15, 0.2) is 24.4 Å². The average Bonchev–Trinajstić information content (AvgIpc) is 3.39. The molecule has 1 saturated carbocycles. The van der Waals surface area contributed by atoms with E-state index in [1.165, 1.54) is 18.3 Å². The molecule has 4 aromatic rings. The Morgan fingerprint density at radius 3 is 2.76 bits per heavy atom. The normalized spacial score (nSPS) is 28.4. The molecular weight excluding hydrogens is 603 g/mol. The third-order valence-electron chi connectivity index (χ3n) is 9.99. The van der Waals surface area contributed by atoms with Gasteiger partial charge < -0.3 is 15.4 Å². The van der Waals surface area contributed by atoms with Gasteiger partial charge in [0.1, 0.15) is 47.6 Å². The molecular formula is C34H31F5N6O. The largest absolute Gasteiger partial charge is 0.461 e. The summed E-state index contributed by atoms with van der Waals surface area (Å²) in [6.45, 7) is -1.51. The first-order valence-electron chi connectivity index (χ1n) is 16.5. The molecule has 5 heterocycles. The van der Waals surface area contributed by atoms with E-state index in [0.29, 0.717) is 44.8 Å². The average molecular weight is 637 g/mol. The first-order valence-corrected chi connectivity index (χ1v) is 15.5. The van der Waals surface area contributed by atoms with Gasteiger partial charge in [-0.3, -0.25) is 9.88 Å². The fraction of sp³-hybridized carbons (Fsp3) is 0.441. The van der Waals surface area contributed by atoms with Gasteiger partial charge in [0.05, 0.1) is 25.3 Å². The highest BCUT2D eigenvalue weighted by atomic mass is 19.1. The van der Waals surface area contributed by atoms with E-state index in [4.69, 9.17) is 19.6 Å². The van der Waals surface area contributed by atoms with Crippen molar-refractivity contribution in [2.45, 2.75) is 62.4 Å². The molecule has 12 heteroatoms. The molecule has 2 aromatic heterocycles. The van der Waals surface area contributed by atoms with E-state index in [1.807, 2.05) is 0 Å². The molecule has 2 aromatic carbocycles. The second kappa shape index (κ2) is 10.7. The first-order chi connectivity index (χ1) is 22.9. The molecule has 0 radical (unpaired) electrons. The Labute approximate surface area is 264 Å². The number of nitrogens with two attached hydrogens (primary N) is 1. The van der Waals surface area contributed by atoms with E-state index in [0.717, 1.165) is 6.42 Å². The van der Waals surface area contributed by atoms with Crippen molar-refractivity contribution < 1.29 is 29.4 Å². The van der Waals surface area contributed by atoms with Crippen molar-refractivity contribution in [3.63, 3.8) is 0 Å². The van der Waals surface area contributed by atoms with Gasteiger partial charge in [-0.2, -0.15) is 9.97 Å². The number of rotatable bonds is 5. The minimum atomic E-state index is -2.48. The maximum absolute atomic E-state index is 16.9. The highest BCUT2D eigenvalue weighted by molar-refractivity contribution is 6.04. The second-order valence-corrected chi connectivity index (χ2v) is 12.7. The van der Waals surface area contributed by atoms with Crippen LogP contribution in [-0.4, -0.2) is 70.0 Å². The van der Waals surface area contributed by atoms with Gasteiger partial charge in [0.25, 0.3) is 0 Å². The van der Waals surface area contributed by atoms with Crippen LogP contribution in [0.25, 0.3) is 32.9 Å². The van der Waals surface area contributed by atoms with E-state index in [1.54, 1.807) is 9.80 Å². The lowest BCUT2D eigenvalue weighted by Gasteiger charge is -2.31. The number of halogens is 5. The van der Waals surface area contributed by atoms with Gasteiger partial charge >= 0.3 is 6.01 Å². The van der Waals surface area contributed by atoms with Crippen molar-refractivity contribution in [3.05, 3.63) is 47.4 Å². The van der Waals surface area contributed by atoms with Gasteiger partial charge in [0, 0.05) is 59.7 Å². The zero-order chi connectivity index (χ0) is 33.7. The molecule has 0 amide bonds. The SMILES string of the molecule is [2H]C([2H])(Oc1nc(N2CCCC[C@H]3[C@H](F)[C@H]32)c2cnc(-c3cc(N)cc4c(F)cc(F)c(C#C)c34)c(F)c2n1)[C@@]12CCCN1C[C@H](F)C2. The summed E-state index contributed by atoms with van der Waals surface area (Å²) in [6, 6.07) is 2.16. The number of anilines is 2. The van der Waals surface area contributed by atoms with Crippen LogP contribution in [-0.2, 0) is 0 Å². The lowest BCUT2D eigenvalue weighted by atomic mass is 9.95. The topological polar surface area (TPSA) is 80.4 Å². The number of nitrogens with zero attached hydrogens (tertiary/aromatic N) is 5. The maximum atomic E-state index is 16.9. The number of pyridine rings is 1. The van der Waals surface area contributed by atoms with Crippen LogP contribution in [0.4, 0.5) is 33.5 Å². The molecule has 4 fully saturated rings. The molecule has 3 aliphatic heterocycles. The Hall–Kier alpha value is -4.24. The Kier molecular flexibility index (Phi) is 6.24. The molecule has 2 N–H and O–H groups in total. The van der Waals surface area contributed by atoms with Crippen molar-refractivity contribution in [2.24, 2.45) is 5.92 Å². The van der Waals surface area contributed by atoms with E-state index in [2.05, 4.69) is 20.9 Å². The molecule has 7 nitrogen and oxygen atoms in total. The number of benzene rings is 2. The first kappa shape index (κ1) is 26.9. The Bertz CT molecular complexity index is 2040. The van der Waals surface area contributed by atoms with Crippen LogP contribution in [0.1, 0.15) is 46.8 Å². The van der Waals surface area contributed by atoms with Gasteiger partial charge in [-0.15, -0.1) is 6.42 Å². The minimum absolute atomic E-state index is 0.0364. The van der Waals surface area contributed by atoms with Crippen LogP contribution in [0, 0.1) is 35.7 Å². The molecule has 5 atom stereocenters. The summed E-state index contributed by atoms with van der Waals surface area (Å²) >= 11 is 0. The number of hydrogen-bond donors (Lipinski definition) is 1. The van der Waals surface area contributed by atoms with Crippen molar-refractivity contribution in [1.82, 2.24) is 19.9 Å². The lowest BCUT2D eigenvalue weighted by Crippen LogP contribution is -2.43. The van der Waals surface area contributed by atoms with Crippen molar-refractivity contribution in [1.29, 1.82) is 0 Å². The fourth-order valence-corrected chi connectivity index (χ4v) is 7.81. The summed E-state index contributed by atoms with van der Waals surface area (Å²) in [5.74, 6) is -0.920. The summed E-state index contributed by atoms with van der Waals surface area (Å²) < 4.78 is 100. The molecule has 1 aliphatic carbocycles. The standard InChI is InChI=1S/C34H31F5N6O/c1-2-19-24(36)12-25(37)21-10-18(40)11-22(26(19)21)29-28(39)30-23(14-41-29)32(45-9-4-3-6-20-27(38)31(20)45)43-33(42-30)46-16-34-7-5-8-44(34)15-17(35)13-34/h1,10-12,14,17,20,27,31H,3-9,13,15-16,40H2/t17-,20+,27+,31+,34+/m1/s1/i16D2. The Morgan fingerprint density at radius 1 is 1.09 bits per heavy atom. The zero-order valence-electron chi connectivity index (χ0n) is 26.7. The van der Waals surface area contributed by atoms with Crippen LogP contribution in [0.5, 0.6) is 6.01 Å². The smallest absolute Gasteiger partial charge is 0.319 e. The molecule has 46 heavy (non-hydrogen) atoms. The van der Waals surface area contributed by atoms with Crippen molar-refractivity contribution in [2.75, 3.05) is 36.8 Å². The molecule has 3 saturated heterocycles. The number of nitrogen functional groups attached to an aromatic ring is 1. The van der Waals surface area contributed by atoms with Gasteiger partial charge in [0.2, 0.25) is 0 Å². The Balaban J connectivity index is 1.33. The van der Waals surface area contributed by atoms with Crippen LogP contribution in [0.2, 0.25) is 0 Å². The summed E-state index contributed by atoms with van der Waals surface area (Å²) in [5, 5.41) is -0.146. The van der Waals surface area contributed by atoms with Gasteiger partial charge in [-0.1, -0.05) is 12.3 Å². The number of ether oxygens (including phenoxy) is 1. The molecule has 0 bridgehead atoms. The summed E-state index contributed by atoms with van der Waals surface area (Å²) in [4.78, 5) is 16.7. The third kappa shape index (κ3) is 4.46. The third-order valence-corrected chi connectivity index (χ3v) is 9.99. The second-order valence-electron chi connectivity index (χ2n) is 12.7. The zero-order valence-corrected chi connectivity index (χ0v) is 24.7. The van der Waals surface area contributed by atoms with Crippen LogP contribution in [0.3, 0.4) is 0 Å². The van der Waals surface area contributed by atoms with Gasteiger partial charge in [-0.05, 0) is 44.4 Å². The van der Waals surface area contributed by atoms with Crippen molar-refractivity contribution in [3.8, 4) is 29.6 Å². The predicted octanol–water partition coefficient (Wildman–Crippen LogP) is 6.11. The van der Waals surface area contributed by atoms with Gasteiger partial charge in [-0.25, -0.2) is 22.0 Å². The highest BCUT2D eigenvalue weighted by Crippen LogP contribution is 2.48. The molecule has 0 spiro atoms. The van der Waals surface area contributed by atoms with Crippen LogP contribution < -0.4 is 15.4 Å². The predicted molar refractivity (Wildman–Crippen MR) is 164 cm³/mol. The van der Waals surface area contributed by atoms with E-state index >= 15 is 8.78 Å². The monoisotopic (exact) mass is 636 g/mol. The molecule has 8 rings (SSSR count). The minimum Gasteiger partial charge on any atom is -0.461 e. The molecule has 0 unspecified atom stereocenters. The highest BCUT2D eigenvalue weighted by Gasteiger charge is 2.56. The van der Waals surface area contributed by atoms with Crippen LogP contribution >= 0.6 is 0 Å². The number of fused-ring (bicyclic) bond motifs is 4. The summed E-state index contributed by atoms with van der Waals surface area (Å²) in [5.41, 5.74) is 3.72. The van der Waals surface area contributed by atoms with E-state index < -0.39 is 53.9 Å². The summed E-state index contributed by atoms with van der Waals surface area (Å²) in [6.07, 6.45) is 7.62. The number of alkyl halides is 2. The lowest BCUT2D eigenvalue weighted by molar-refractivity contribution is 0.107. The van der Waals surface area contributed by atoms with Crippen molar-refractivity contribution >= 4 is 33.2 Å². The van der Waals surface area contributed by atoms with E-state index in [-0.39, 0.29) is 68.9 Å². The number of terminal acetylenes is 1. The maximum Gasteiger partial charge on any atom is 0.319 e. The number of hydrogen-bond acceptors (Lipinski definition) is 7. The quantitative estimate of drug-likeness (QED) is 0.161. The Morgan fingerprint density at radius 2 is 1.93 bits per heavy atom. The number of aromatic nitrogens is 3. The van der Waals surface area contributed by atoms with E-state index in [9.17, 15) is 13.2 Å². The summed E-state index contributed by atoms with van der Waals surface area (Å²) in [7, 11) is 0. The van der Waals surface area contributed by atoms with Gasteiger partial charge in [0.15, 0.2) is 5.82 Å². The molecule has 238 valence electrons.